The van der Waals surface area contributed by atoms with E-state index in [1.165, 1.54) is 11.3 Å². The van der Waals surface area contributed by atoms with E-state index >= 15 is 0 Å². The lowest BCUT2D eigenvalue weighted by atomic mass is 9.98. The third-order valence-corrected chi connectivity index (χ3v) is 11.0. The molecule has 0 spiro atoms. The summed E-state index contributed by atoms with van der Waals surface area (Å²) in [7, 11) is -4.22. The highest BCUT2D eigenvalue weighted by Gasteiger charge is 2.52. The summed E-state index contributed by atoms with van der Waals surface area (Å²) in [6.45, 7) is 0.899. The van der Waals surface area contributed by atoms with Crippen LogP contribution >= 0.6 is 18.9 Å². The Bertz CT molecular complexity index is 1620. The Labute approximate surface area is 252 Å². The van der Waals surface area contributed by atoms with Crippen molar-refractivity contribution in [3.8, 4) is 5.88 Å². The van der Waals surface area contributed by atoms with E-state index in [1.807, 2.05) is 12.1 Å². The lowest BCUT2D eigenvalue weighted by Crippen LogP contribution is -2.62. The van der Waals surface area contributed by atoms with Gasteiger partial charge in [-0.15, -0.1) is 11.3 Å². The second-order valence-electron chi connectivity index (χ2n) is 12.2. The molecule has 3 saturated heterocycles. The summed E-state index contributed by atoms with van der Waals surface area (Å²) in [5.41, 5.74) is 0.494. The summed E-state index contributed by atoms with van der Waals surface area (Å²) in [5.74, 6) is 0.813. The van der Waals surface area contributed by atoms with Crippen LogP contribution in [0.25, 0.3) is 10.1 Å². The van der Waals surface area contributed by atoms with Gasteiger partial charge in [0.05, 0.1) is 24.1 Å². The van der Waals surface area contributed by atoms with Gasteiger partial charge in [0.1, 0.15) is 18.2 Å². The predicted molar refractivity (Wildman–Crippen MR) is 159 cm³/mol. The molecule has 2 aromatic heterocycles. The molecule has 5 atom stereocenters. The van der Waals surface area contributed by atoms with Crippen molar-refractivity contribution in [2.45, 2.75) is 62.5 Å². The Hall–Kier alpha value is -3.31. The smallest absolute Gasteiger partial charge is 0.329 e. The van der Waals surface area contributed by atoms with Gasteiger partial charge in [-0.1, -0.05) is 12.1 Å². The number of likely N-dealkylation sites (tertiary alicyclic amines) is 1. The molecule has 4 fully saturated rings. The van der Waals surface area contributed by atoms with Crippen LogP contribution in [0.15, 0.2) is 48.7 Å². The second kappa shape index (κ2) is 11.0. The van der Waals surface area contributed by atoms with Crippen LogP contribution in [0.3, 0.4) is 0 Å². The van der Waals surface area contributed by atoms with Gasteiger partial charge in [0, 0.05) is 23.0 Å². The molecule has 5 heterocycles. The molecular weight excluding hydrogens is 591 g/mol. The number of aromatic nitrogens is 1. The van der Waals surface area contributed by atoms with Crippen molar-refractivity contribution in [3.63, 3.8) is 0 Å². The molecule has 3 N–H and O–H groups in total. The summed E-state index contributed by atoms with van der Waals surface area (Å²) >= 11 is 1.27. The van der Waals surface area contributed by atoms with Crippen LogP contribution in [0.5, 0.6) is 5.88 Å². The molecule has 3 aliphatic heterocycles. The van der Waals surface area contributed by atoms with Gasteiger partial charge < -0.3 is 29.6 Å². The van der Waals surface area contributed by atoms with Gasteiger partial charge in [0.2, 0.25) is 17.7 Å². The third-order valence-electron chi connectivity index (χ3n) is 9.11. The van der Waals surface area contributed by atoms with Gasteiger partial charge in [-0.3, -0.25) is 18.9 Å². The van der Waals surface area contributed by atoms with Gasteiger partial charge in [0.15, 0.2) is 0 Å². The van der Waals surface area contributed by atoms with E-state index in [-0.39, 0.29) is 36.0 Å². The monoisotopic (exact) mass is 624 g/mol. The van der Waals surface area contributed by atoms with Crippen LogP contribution < -0.4 is 10.1 Å². The van der Waals surface area contributed by atoms with Crippen molar-refractivity contribution in [1.29, 1.82) is 0 Å². The average Bonchev–Trinajstić information content (AvgIpc) is 3.31. The van der Waals surface area contributed by atoms with E-state index in [2.05, 4.69) is 10.3 Å². The summed E-state index contributed by atoms with van der Waals surface area (Å²) in [5, 5.41) is 3.71. The summed E-state index contributed by atoms with van der Waals surface area (Å²) in [6.07, 6.45) is 5.05. The molecule has 3 amide bonds. The number of amides is 3. The zero-order valence-electron chi connectivity index (χ0n) is 23.4. The zero-order chi connectivity index (χ0) is 29.9. The highest BCUT2D eigenvalue weighted by Crippen LogP contribution is 2.49. The van der Waals surface area contributed by atoms with Gasteiger partial charge in [-0.05, 0) is 79.2 Å². The first-order valence-electron chi connectivity index (χ1n) is 14.7. The number of ether oxygens (including phenoxy) is 1. The largest absolute Gasteiger partial charge is 0.471 e. The van der Waals surface area contributed by atoms with Gasteiger partial charge in [-0.25, -0.2) is 4.98 Å². The minimum absolute atomic E-state index is 0.00485. The Morgan fingerprint density at radius 2 is 1.88 bits per heavy atom. The first-order chi connectivity index (χ1) is 20.6. The maximum atomic E-state index is 14.0. The van der Waals surface area contributed by atoms with Crippen LogP contribution in [0, 0.1) is 11.8 Å². The van der Waals surface area contributed by atoms with E-state index in [4.69, 9.17) is 4.74 Å². The van der Waals surface area contributed by atoms with E-state index in [1.54, 1.807) is 46.3 Å². The molecule has 0 bridgehead atoms. The number of nitrogens with one attached hydrogen (secondary N) is 1. The number of hydrogen-bond donors (Lipinski definition) is 3. The number of benzene rings is 1. The molecule has 0 radical (unpaired) electrons. The molecule has 3 aromatic rings. The highest BCUT2D eigenvalue weighted by atomic mass is 32.1. The number of carbonyl (C=O) groups excluding carboxylic acids is 3. The van der Waals surface area contributed by atoms with Crippen LogP contribution in [0.2, 0.25) is 0 Å². The van der Waals surface area contributed by atoms with E-state index < -0.39 is 19.7 Å². The maximum absolute atomic E-state index is 14.0. The number of nitrogens with zero attached hydrogens (tertiary/aromatic N) is 3. The summed E-state index contributed by atoms with van der Waals surface area (Å²) in [6, 6.07) is 11.0. The predicted octanol–water partition coefficient (Wildman–Crippen LogP) is 3.15. The van der Waals surface area contributed by atoms with E-state index in [0.717, 1.165) is 29.3 Å². The van der Waals surface area contributed by atoms with Crippen LogP contribution in [-0.4, -0.2) is 79.6 Å². The number of carbonyl (C=O) groups is 3. The van der Waals surface area contributed by atoms with E-state index in [0.29, 0.717) is 54.1 Å². The molecule has 1 saturated carbocycles. The SMILES string of the molecule is O=C(N[C@H]1C[C@@H]2C[C@@H]2C[C@H]2CC[C@@H](C(=O)N3CC(Oc4ccccn4)C3)N2C1=O)c1cc2cc(CP(=O)(O)O)ccc2s1. The fourth-order valence-corrected chi connectivity index (χ4v) is 8.51. The third kappa shape index (κ3) is 5.93. The van der Waals surface area contributed by atoms with E-state index in [9.17, 15) is 28.7 Å². The number of thiophene rings is 1. The van der Waals surface area contributed by atoms with Crippen molar-refractivity contribution in [2.24, 2.45) is 11.8 Å². The first kappa shape index (κ1) is 28.5. The molecule has 1 aromatic carbocycles. The van der Waals surface area contributed by atoms with Gasteiger partial charge in [-0.2, -0.15) is 0 Å². The molecule has 7 rings (SSSR count). The lowest BCUT2D eigenvalue weighted by Gasteiger charge is -2.42. The number of fused-ring (bicyclic) bond motifs is 3. The first-order valence-corrected chi connectivity index (χ1v) is 17.3. The average molecular weight is 625 g/mol. The minimum atomic E-state index is -4.22. The molecule has 0 unspecified atom stereocenters. The number of hydrogen-bond acceptors (Lipinski definition) is 7. The molecule has 43 heavy (non-hydrogen) atoms. The van der Waals surface area contributed by atoms with Crippen molar-refractivity contribution in [1.82, 2.24) is 20.1 Å². The fraction of sp³-hybridized carbons (Fsp3) is 0.467. The van der Waals surface area contributed by atoms with Crippen LogP contribution in [0.4, 0.5) is 0 Å². The Kier molecular flexibility index (Phi) is 7.28. The molecule has 1 aliphatic carbocycles. The number of pyridine rings is 1. The topological polar surface area (TPSA) is 149 Å². The lowest BCUT2D eigenvalue weighted by molar-refractivity contribution is -0.152. The Morgan fingerprint density at radius 1 is 1.07 bits per heavy atom. The molecule has 13 heteroatoms. The highest BCUT2D eigenvalue weighted by molar-refractivity contribution is 7.50. The normalized spacial score (nSPS) is 27.1. The molecule has 226 valence electrons. The molecule has 4 aliphatic rings. The fourth-order valence-electron chi connectivity index (χ4n) is 6.89. The second-order valence-corrected chi connectivity index (χ2v) is 14.9. The zero-order valence-corrected chi connectivity index (χ0v) is 25.1. The Morgan fingerprint density at radius 3 is 2.65 bits per heavy atom. The molecule has 11 nitrogen and oxygen atoms in total. The van der Waals surface area contributed by atoms with Crippen molar-refractivity contribution in [2.75, 3.05) is 13.1 Å². The quantitative estimate of drug-likeness (QED) is 0.340. The Balaban J connectivity index is 1.04. The number of rotatable bonds is 7. The summed E-state index contributed by atoms with van der Waals surface area (Å²) < 4.78 is 18.1. The van der Waals surface area contributed by atoms with Gasteiger partial charge >= 0.3 is 7.60 Å². The standard InChI is InChI=1S/C30H33N4O7PS/c35-28(26-13-20-9-17(16-42(38,39)40)4-7-25(20)43-26)32-23-12-19-10-18(19)11-21-5-6-24(34(21)29(23)36)30(37)33-14-22(15-33)41-27-3-1-2-8-31-27/h1-4,7-9,13,18-19,21-24H,5-6,10-12,14-16H2,(H,32,35)(H2,38,39,40)/t18-,19+,21-,23+,24+/m1/s1. The van der Waals surface area contributed by atoms with Crippen molar-refractivity contribution in [3.05, 3.63) is 59.1 Å². The maximum Gasteiger partial charge on any atom is 0.329 e. The van der Waals surface area contributed by atoms with Crippen LogP contribution in [-0.2, 0) is 20.3 Å². The van der Waals surface area contributed by atoms with Crippen molar-refractivity contribution >= 4 is 46.7 Å². The van der Waals surface area contributed by atoms with Gasteiger partial charge in [0.25, 0.3) is 5.91 Å². The van der Waals surface area contributed by atoms with Crippen molar-refractivity contribution < 1.29 is 33.5 Å². The minimum Gasteiger partial charge on any atom is -0.471 e. The van der Waals surface area contributed by atoms with Crippen LogP contribution in [0.1, 0.15) is 47.3 Å². The summed E-state index contributed by atoms with van der Waals surface area (Å²) in [4.78, 5) is 67.9. The molecular formula is C30H33N4O7PS.